The van der Waals surface area contributed by atoms with Crippen molar-refractivity contribution in [2.24, 2.45) is 0 Å². The Balaban J connectivity index is 1.05. The van der Waals surface area contributed by atoms with E-state index in [0.717, 1.165) is 61.2 Å². The van der Waals surface area contributed by atoms with E-state index in [-0.39, 0.29) is 5.41 Å². The molecule has 3 aromatic heterocycles. The molecule has 260 valence electrons. The van der Waals surface area contributed by atoms with Gasteiger partial charge in [-0.3, -0.25) is 0 Å². The predicted octanol–water partition coefficient (Wildman–Crippen LogP) is 12.1. The molecule has 0 amide bonds. The molecule has 0 saturated heterocycles. The predicted molar refractivity (Wildman–Crippen MR) is 221 cm³/mol. The Kier molecular flexibility index (Phi) is 6.79. The molecule has 55 heavy (non-hydrogen) atoms. The Morgan fingerprint density at radius 3 is 1.87 bits per heavy atom. The van der Waals surface area contributed by atoms with Crippen LogP contribution in [0.2, 0.25) is 0 Å². The topological polar surface area (TPSA) is 69.6 Å². The number of oxazole rings is 1. The minimum Gasteiger partial charge on any atom is -0.443 e. The second-order valence-electron chi connectivity index (χ2n) is 14.7. The zero-order chi connectivity index (χ0) is 36.7. The van der Waals surface area contributed by atoms with E-state index >= 15 is 0 Å². The molecule has 0 aliphatic heterocycles. The summed E-state index contributed by atoms with van der Waals surface area (Å²) in [4.78, 5) is 19.4. The number of hydrogen-bond donors (Lipinski definition) is 0. The van der Waals surface area contributed by atoms with Crippen LogP contribution in [0.4, 0.5) is 0 Å². The monoisotopic (exact) mass is 707 g/mol. The Hall–Kier alpha value is -7.18. The maximum absolute atomic E-state index is 5.97. The van der Waals surface area contributed by atoms with Crippen LogP contribution < -0.4 is 0 Å². The maximum Gasteiger partial charge on any atom is 0.182 e. The summed E-state index contributed by atoms with van der Waals surface area (Å²) in [5, 5.41) is 2.38. The first-order valence-electron chi connectivity index (χ1n) is 18.5. The first-order valence-corrected chi connectivity index (χ1v) is 18.5. The van der Waals surface area contributed by atoms with Gasteiger partial charge in [-0.25, -0.2) is 19.9 Å². The summed E-state index contributed by atoms with van der Waals surface area (Å²) < 4.78 is 8.32. The highest BCUT2D eigenvalue weighted by Gasteiger charge is 2.37. The number of aromatic nitrogens is 5. The number of nitrogens with zero attached hydrogens (tertiary/aromatic N) is 5. The number of benzene rings is 7. The fraction of sp³-hybridized carbons (Fsp3) is 0.0612. The third-order valence-electron chi connectivity index (χ3n) is 11.2. The van der Waals surface area contributed by atoms with Crippen LogP contribution in [0.1, 0.15) is 25.0 Å². The summed E-state index contributed by atoms with van der Waals surface area (Å²) in [7, 11) is 0. The highest BCUT2D eigenvalue weighted by atomic mass is 16.3. The van der Waals surface area contributed by atoms with Crippen molar-refractivity contribution in [3.8, 4) is 62.1 Å². The van der Waals surface area contributed by atoms with Gasteiger partial charge in [0.25, 0.3) is 0 Å². The first kappa shape index (κ1) is 31.4. The Morgan fingerprint density at radius 1 is 0.491 bits per heavy atom. The van der Waals surface area contributed by atoms with Crippen molar-refractivity contribution >= 4 is 32.9 Å². The van der Waals surface area contributed by atoms with Crippen molar-refractivity contribution in [2.75, 3.05) is 0 Å². The molecule has 11 rings (SSSR count). The van der Waals surface area contributed by atoms with Gasteiger partial charge in [0, 0.05) is 44.1 Å². The number of hydrogen-bond acceptors (Lipinski definition) is 5. The van der Waals surface area contributed by atoms with Gasteiger partial charge in [-0.05, 0) is 70.3 Å². The Morgan fingerprint density at radius 2 is 1.11 bits per heavy atom. The van der Waals surface area contributed by atoms with Gasteiger partial charge in [-0.1, -0.05) is 129 Å². The lowest BCUT2D eigenvalue weighted by Gasteiger charge is -2.21. The molecule has 6 nitrogen and oxygen atoms in total. The molecule has 1 aliphatic rings. The molecule has 6 heteroatoms. The second kappa shape index (κ2) is 11.9. The highest BCUT2D eigenvalue weighted by Crippen LogP contribution is 2.52. The molecule has 1 aliphatic carbocycles. The molecule has 0 unspecified atom stereocenters. The van der Waals surface area contributed by atoms with E-state index in [4.69, 9.17) is 19.4 Å². The van der Waals surface area contributed by atoms with Gasteiger partial charge in [0.2, 0.25) is 0 Å². The molecule has 0 radical (unpaired) electrons. The van der Waals surface area contributed by atoms with Crippen LogP contribution in [0.3, 0.4) is 0 Å². The van der Waals surface area contributed by atoms with Gasteiger partial charge in [0.15, 0.2) is 29.4 Å². The molecule has 0 atom stereocenters. The number of para-hydroxylation sites is 1. The van der Waals surface area contributed by atoms with Crippen molar-refractivity contribution in [1.29, 1.82) is 0 Å². The normalized spacial score (nSPS) is 13.1. The summed E-state index contributed by atoms with van der Waals surface area (Å²) in [6, 6.07) is 55.3. The van der Waals surface area contributed by atoms with E-state index in [2.05, 4.69) is 120 Å². The van der Waals surface area contributed by atoms with Gasteiger partial charge in [0.1, 0.15) is 5.52 Å². The highest BCUT2D eigenvalue weighted by molar-refractivity contribution is 6.10. The van der Waals surface area contributed by atoms with Crippen LogP contribution in [-0.2, 0) is 5.41 Å². The van der Waals surface area contributed by atoms with E-state index in [1.165, 1.54) is 27.5 Å². The molecular formula is C49H33N5O. The van der Waals surface area contributed by atoms with Crippen molar-refractivity contribution in [1.82, 2.24) is 24.5 Å². The Labute approximate surface area is 317 Å². The van der Waals surface area contributed by atoms with Gasteiger partial charge in [0.05, 0.1) is 11.0 Å². The molecule has 0 N–H and O–H groups in total. The van der Waals surface area contributed by atoms with Gasteiger partial charge < -0.3 is 8.98 Å². The van der Waals surface area contributed by atoms with Crippen LogP contribution in [0, 0.1) is 0 Å². The van der Waals surface area contributed by atoms with Gasteiger partial charge in [-0.2, -0.15) is 0 Å². The van der Waals surface area contributed by atoms with Crippen molar-refractivity contribution in [2.45, 2.75) is 19.3 Å². The summed E-state index contributed by atoms with van der Waals surface area (Å²) >= 11 is 0. The molecule has 7 aromatic carbocycles. The zero-order valence-corrected chi connectivity index (χ0v) is 30.2. The van der Waals surface area contributed by atoms with E-state index in [1.54, 1.807) is 6.39 Å². The summed E-state index contributed by atoms with van der Waals surface area (Å²) in [6.07, 6.45) is 1.55. The van der Waals surface area contributed by atoms with Crippen molar-refractivity contribution in [3.63, 3.8) is 0 Å². The molecule has 0 spiro atoms. The molecular weight excluding hydrogens is 675 g/mol. The standard InChI is InChI=1S/C49H33N5O/c1-49(2)39-22-20-32(28-38(39)44-40(49)23-24-41-45(44)55-29-50-41)33-21-25-43-37(27-33)36-18-9-10-19-42(36)54(43)35-17-11-16-34(26-35)48-52-46(30-12-5-3-6-13-30)51-47(53-48)31-14-7-4-8-15-31/h3-29H,1-2H3. The first-order chi connectivity index (χ1) is 27.0. The average Bonchev–Trinajstić information content (AvgIpc) is 3.92. The summed E-state index contributed by atoms with van der Waals surface area (Å²) in [5.74, 6) is 1.91. The Bertz CT molecular complexity index is 3070. The zero-order valence-electron chi connectivity index (χ0n) is 30.2. The lowest BCUT2D eigenvalue weighted by atomic mass is 9.82. The van der Waals surface area contributed by atoms with Gasteiger partial charge in [-0.15, -0.1) is 0 Å². The lowest BCUT2D eigenvalue weighted by Crippen LogP contribution is -2.14. The minimum absolute atomic E-state index is 0.135. The third kappa shape index (κ3) is 4.88. The van der Waals surface area contributed by atoms with Crippen LogP contribution in [0.5, 0.6) is 0 Å². The van der Waals surface area contributed by atoms with Crippen LogP contribution in [0.15, 0.2) is 169 Å². The van der Waals surface area contributed by atoms with Crippen LogP contribution >= 0.6 is 0 Å². The largest absolute Gasteiger partial charge is 0.443 e. The molecule has 0 fully saturated rings. The average molecular weight is 708 g/mol. The van der Waals surface area contributed by atoms with E-state index in [9.17, 15) is 0 Å². The third-order valence-corrected chi connectivity index (χ3v) is 11.2. The quantitative estimate of drug-likeness (QED) is 0.178. The van der Waals surface area contributed by atoms with E-state index in [1.807, 2.05) is 60.7 Å². The van der Waals surface area contributed by atoms with Gasteiger partial charge >= 0.3 is 0 Å². The minimum atomic E-state index is -0.135. The smallest absolute Gasteiger partial charge is 0.182 e. The molecule has 0 bridgehead atoms. The SMILES string of the molecule is CC1(C)c2ccc(-c3ccc4c(c3)c3ccccc3n4-c3cccc(-c4nc(-c5ccccc5)nc(-c5ccccc5)n4)c3)cc2-c2c1ccc1ncoc21. The summed E-state index contributed by atoms with van der Waals surface area (Å²) in [6.45, 7) is 4.58. The second-order valence-corrected chi connectivity index (χ2v) is 14.7. The maximum atomic E-state index is 5.97. The molecule has 10 aromatic rings. The van der Waals surface area contributed by atoms with Crippen LogP contribution in [0.25, 0.3) is 95.0 Å². The summed E-state index contributed by atoms with van der Waals surface area (Å²) in [5.41, 5.74) is 15.0. The number of fused-ring (bicyclic) bond motifs is 8. The van der Waals surface area contributed by atoms with Crippen molar-refractivity contribution < 1.29 is 4.42 Å². The molecule has 3 heterocycles. The van der Waals surface area contributed by atoms with Crippen molar-refractivity contribution in [3.05, 3.63) is 175 Å². The fourth-order valence-corrected chi connectivity index (χ4v) is 8.49. The lowest BCUT2D eigenvalue weighted by molar-refractivity contribution is 0.601. The van der Waals surface area contributed by atoms with E-state index < -0.39 is 0 Å². The van der Waals surface area contributed by atoms with Crippen LogP contribution in [-0.4, -0.2) is 24.5 Å². The fourth-order valence-electron chi connectivity index (χ4n) is 8.49. The molecule has 0 saturated carbocycles. The number of rotatable bonds is 5. The van der Waals surface area contributed by atoms with E-state index in [0.29, 0.717) is 17.5 Å².